The Kier molecular flexibility index (Phi) is 6.83. The monoisotopic (exact) mass is 493 g/mol. The first-order chi connectivity index (χ1) is 16.2. The van der Waals surface area contributed by atoms with E-state index in [-0.39, 0.29) is 31.8 Å². The predicted octanol–water partition coefficient (Wildman–Crippen LogP) is 1.83. The number of fused-ring (bicyclic) bond motifs is 1. The van der Waals surface area contributed by atoms with Gasteiger partial charge in [-0.1, -0.05) is 12.1 Å². The zero-order valence-corrected chi connectivity index (χ0v) is 20.0. The van der Waals surface area contributed by atoms with Crippen LogP contribution in [0.4, 0.5) is 4.79 Å². The van der Waals surface area contributed by atoms with Gasteiger partial charge in [0, 0.05) is 38.1 Å². The van der Waals surface area contributed by atoms with Gasteiger partial charge in [0.1, 0.15) is 0 Å². The summed E-state index contributed by atoms with van der Waals surface area (Å²) in [4.78, 5) is 24.9. The van der Waals surface area contributed by atoms with E-state index in [0.717, 1.165) is 27.9 Å². The van der Waals surface area contributed by atoms with Gasteiger partial charge in [-0.25, -0.2) is 23.0 Å². The number of rotatable bonds is 6. The fourth-order valence-corrected chi connectivity index (χ4v) is 7.25. The molecule has 186 valence electrons. The first-order valence-electron chi connectivity index (χ1n) is 11.5. The quantitative estimate of drug-likeness (QED) is 0.411. The van der Waals surface area contributed by atoms with Crippen LogP contribution in [0.1, 0.15) is 44.1 Å². The normalized spacial score (nSPS) is 19.9. The van der Waals surface area contributed by atoms with E-state index in [0.29, 0.717) is 25.9 Å². The van der Waals surface area contributed by atoms with Crippen molar-refractivity contribution in [2.24, 2.45) is 5.41 Å². The molecule has 1 aromatic carbocycles. The van der Waals surface area contributed by atoms with E-state index in [4.69, 9.17) is 0 Å². The highest BCUT2D eigenvalue weighted by atomic mass is 32.2. The Labute approximate surface area is 198 Å². The predicted molar refractivity (Wildman–Crippen MR) is 124 cm³/mol. The molecule has 0 atom stereocenters. The summed E-state index contributed by atoms with van der Waals surface area (Å²) in [6.45, 7) is 3.58. The molecule has 0 spiro atoms. The molecule has 12 heteroatoms. The van der Waals surface area contributed by atoms with Crippen LogP contribution in [-0.2, 0) is 21.4 Å². The molecule has 4 rings (SSSR count). The molecule has 0 aliphatic carbocycles. The maximum Gasteiger partial charge on any atom is 0.407 e. The number of aryl methyl sites for hydroxylation is 1. The Hall–Kier alpha value is -2.70. The first kappa shape index (κ1) is 24.4. The molecule has 2 amide bonds. The van der Waals surface area contributed by atoms with Crippen LogP contribution in [0.5, 0.6) is 0 Å². The van der Waals surface area contributed by atoms with Gasteiger partial charge in [0.05, 0.1) is 22.9 Å². The molecule has 0 radical (unpaired) electrons. The zero-order chi connectivity index (χ0) is 24.5. The van der Waals surface area contributed by atoms with Crippen molar-refractivity contribution in [1.29, 1.82) is 0 Å². The zero-order valence-electron chi connectivity index (χ0n) is 19.2. The van der Waals surface area contributed by atoms with Crippen molar-refractivity contribution in [2.75, 3.05) is 31.9 Å². The maximum absolute atomic E-state index is 13.3. The molecule has 2 fully saturated rings. The van der Waals surface area contributed by atoms with Crippen LogP contribution in [0.2, 0.25) is 0 Å². The summed E-state index contributed by atoms with van der Waals surface area (Å²) < 4.78 is 29.9. The summed E-state index contributed by atoms with van der Waals surface area (Å²) in [6.07, 6.45) is 2.13. The minimum absolute atomic E-state index is 0.0342. The van der Waals surface area contributed by atoms with Crippen LogP contribution in [0, 0.1) is 5.41 Å². The number of hydrogen-bond acceptors (Lipinski definition) is 6. The summed E-state index contributed by atoms with van der Waals surface area (Å²) >= 11 is 0. The molecule has 11 nitrogen and oxygen atoms in total. The van der Waals surface area contributed by atoms with E-state index in [2.05, 4.69) is 17.2 Å². The van der Waals surface area contributed by atoms with Crippen LogP contribution in [0.25, 0.3) is 10.9 Å². The minimum atomic E-state index is -3.79. The number of likely N-dealkylation sites (tertiary alicyclic amines) is 1. The van der Waals surface area contributed by atoms with E-state index in [1.807, 2.05) is 23.9 Å². The number of carboxylic acid groups (broad SMARTS) is 1. The first-order valence-corrected chi connectivity index (χ1v) is 13.2. The third kappa shape index (κ3) is 4.62. The molecular weight excluding hydrogens is 462 g/mol. The Morgan fingerprint density at radius 2 is 1.85 bits per heavy atom. The van der Waals surface area contributed by atoms with Crippen molar-refractivity contribution < 1.29 is 28.3 Å². The lowest BCUT2D eigenvalue weighted by molar-refractivity contribution is -0.141. The molecule has 34 heavy (non-hydrogen) atoms. The topological polar surface area (TPSA) is 145 Å². The molecule has 0 saturated carbocycles. The molecule has 2 aromatic rings. The van der Waals surface area contributed by atoms with Crippen LogP contribution >= 0.6 is 0 Å². The van der Waals surface area contributed by atoms with Crippen molar-refractivity contribution in [3.05, 3.63) is 30.0 Å². The molecule has 2 aliphatic heterocycles. The smallest absolute Gasteiger partial charge is 0.407 e. The highest BCUT2D eigenvalue weighted by Gasteiger charge is 2.47. The van der Waals surface area contributed by atoms with Crippen molar-refractivity contribution in [3.8, 4) is 0 Å². The second kappa shape index (κ2) is 9.51. The van der Waals surface area contributed by atoms with E-state index < -0.39 is 33.2 Å². The third-order valence-electron chi connectivity index (χ3n) is 7.32. The molecule has 2 saturated heterocycles. The summed E-state index contributed by atoms with van der Waals surface area (Å²) in [7, 11) is -3.79. The number of piperidine rings is 2. The van der Waals surface area contributed by atoms with Crippen LogP contribution in [0.15, 0.2) is 24.4 Å². The molecule has 0 bridgehead atoms. The summed E-state index contributed by atoms with van der Waals surface area (Å²) in [5.41, 5.74) is 2.47. The number of carbonyl (C=O) groups excluding carboxylic acids is 1. The standard InChI is InChI=1S/C22H31N5O6S/c1-2-27-19-13-17(3-4-18(19)14-23-27)16-5-9-26(10-6-16)34(32,33)15-22(20(28)24-31)7-11-25(12-8-22)21(29)30/h3-4,13-14,16,31H,2,5-12,15H2,1H3,(H,24,28)(H,29,30). The van der Waals surface area contributed by atoms with E-state index in [1.54, 1.807) is 5.48 Å². The van der Waals surface area contributed by atoms with Crippen molar-refractivity contribution >= 4 is 32.9 Å². The van der Waals surface area contributed by atoms with Gasteiger partial charge in [-0.3, -0.25) is 14.7 Å². The molecule has 0 unspecified atom stereocenters. The van der Waals surface area contributed by atoms with Crippen LogP contribution in [-0.4, -0.2) is 81.6 Å². The number of nitrogens with one attached hydrogen (secondary N) is 1. The number of amides is 2. The summed E-state index contributed by atoms with van der Waals surface area (Å²) in [6, 6.07) is 6.26. The molecule has 3 heterocycles. The molecular formula is C22H31N5O6S. The lowest BCUT2D eigenvalue weighted by Crippen LogP contribution is -2.54. The van der Waals surface area contributed by atoms with Crippen LogP contribution in [0.3, 0.4) is 0 Å². The average Bonchev–Trinajstić information content (AvgIpc) is 3.26. The summed E-state index contributed by atoms with van der Waals surface area (Å²) in [5, 5.41) is 23.9. The molecule has 2 aliphatic rings. The third-order valence-corrected chi connectivity index (χ3v) is 9.39. The number of hydrogen-bond donors (Lipinski definition) is 3. The van der Waals surface area contributed by atoms with Gasteiger partial charge in [-0.05, 0) is 50.2 Å². The lowest BCUT2D eigenvalue weighted by Gasteiger charge is -2.40. The number of hydroxylamine groups is 1. The van der Waals surface area contributed by atoms with Crippen molar-refractivity contribution in [3.63, 3.8) is 0 Å². The van der Waals surface area contributed by atoms with E-state index in [1.165, 1.54) is 4.31 Å². The summed E-state index contributed by atoms with van der Waals surface area (Å²) in [5.74, 6) is -1.01. The fraction of sp³-hybridized carbons (Fsp3) is 0.591. The largest absolute Gasteiger partial charge is 0.465 e. The number of benzene rings is 1. The highest BCUT2D eigenvalue weighted by Crippen LogP contribution is 2.36. The SMILES string of the molecule is CCn1ncc2ccc(C3CCN(S(=O)(=O)CC4(C(=O)NO)CCN(C(=O)O)CC4)CC3)cc21. The number of sulfonamides is 1. The maximum atomic E-state index is 13.3. The Bertz CT molecular complexity index is 1160. The van der Waals surface area contributed by atoms with Crippen LogP contribution < -0.4 is 5.48 Å². The Morgan fingerprint density at radius 3 is 2.44 bits per heavy atom. The van der Waals surface area contributed by atoms with Gasteiger partial charge in [-0.2, -0.15) is 5.10 Å². The van der Waals surface area contributed by atoms with Crippen molar-refractivity contribution in [2.45, 2.75) is 45.1 Å². The van der Waals surface area contributed by atoms with Gasteiger partial charge in [0.2, 0.25) is 10.0 Å². The Morgan fingerprint density at radius 1 is 1.18 bits per heavy atom. The lowest BCUT2D eigenvalue weighted by atomic mass is 9.79. The Balaban J connectivity index is 1.44. The van der Waals surface area contributed by atoms with Gasteiger partial charge in [0.25, 0.3) is 5.91 Å². The van der Waals surface area contributed by atoms with E-state index in [9.17, 15) is 28.3 Å². The van der Waals surface area contributed by atoms with Gasteiger partial charge >= 0.3 is 6.09 Å². The second-order valence-electron chi connectivity index (χ2n) is 9.20. The highest BCUT2D eigenvalue weighted by molar-refractivity contribution is 7.89. The number of carbonyl (C=O) groups is 2. The minimum Gasteiger partial charge on any atom is -0.465 e. The fourth-order valence-electron chi connectivity index (χ4n) is 5.18. The van der Waals surface area contributed by atoms with E-state index >= 15 is 0 Å². The molecule has 1 aromatic heterocycles. The van der Waals surface area contributed by atoms with Gasteiger partial charge in [-0.15, -0.1) is 0 Å². The van der Waals surface area contributed by atoms with Gasteiger partial charge < -0.3 is 10.0 Å². The second-order valence-corrected chi connectivity index (χ2v) is 11.2. The average molecular weight is 494 g/mol. The van der Waals surface area contributed by atoms with Gasteiger partial charge in [0.15, 0.2) is 0 Å². The number of aromatic nitrogens is 2. The van der Waals surface area contributed by atoms with Crippen molar-refractivity contribution in [1.82, 2.24) is 24.5 Å². The molecule has 3 N–H and O–H groups in total. The number of nitrogens with zero attached hydrogens (tertiary/aromatic N) is 4.